The third-order valence-electron chi connectivity index (χ3n) is 4.94. The maximum Gasteiger partial charge on any atom is 0.493 e. The van der Waals surface area contributed by atoms with Crippen LogP contribution in [0.1, 0.15) is 18.1 Å². The fourth-order valence-corrected chi connectivity index (χ4v) is 3.38. The van der Waals surface area contributed by atoms with Crippen LogP contribution in [0.25, 0.3) is 0 Å². The number of nitrogens with one attached hydrogen (secondary N) is 2. The first-order valence-electron chi connectivity index (χ1n) is 10.3. The van der Waals surface area contributed by atoms with Crippen LogP contribution in [0, 0.1) is 5.82 Å². The Morgan fingerprint density at radius 1 is 0.909 bits per heavy atom. The third-order valence-corrected chi connectivity index (χ3v) is 4.94. The lowest BCUT2D eigenvalue weighted by atomic mass is 9.78. The number of carbonyl (C=O) groups excluding carboxylic acids is 3. The summed E-state index contributed by atoms with van der Waals surface area (Å²) in [4.78, 5) is 36.9. The monoisotopic (exact) mass is 458 g/mol. The van der Waals surface area contributed by atoms with Crippen LogP contribution in [0.2, 0.25) is 0 Å². The van der Waals surface area contributed by atoms with Gasteiger partial charge in [0, 0.05) is 34.0 Å². The van der Waals surface area contributed by atoms with Crippen LogP contribution in [0.15, 0.2) is 48.5 Å². The molecule has 0 fully saturated rings. The van der Waals surface area contributed by atoms with Gasteiger partial charge in [-0.15, -0.1) is 0 Å². The SMILES string of the molecule is COB(OC)c1ccc(C[C@H](NC(=O)[C@H](Cc2cccc(F)c2)NC(C)=O)C(=O)OC)cc1. The molecule has 8 nitrogen and oxygen atoms in total. The summed E-state index contributed by atoms with van der Waals surface area (Å²) in [6, 6.07) is 10.9. The van der Waals surface area contributed by atoms with Gasteiger partial charge < -0.3 is 24.7 Å². The van der Waals surface area contributed by atoms with Gasteiger partial charge in [-0.05, 0) is 28.7 Å². The summed E-state index contributed by atoms with van der Waals surface area (Å²) in [7, 11) is 3.77. The second-order valence-corrected chi connectivity index (χ2v) is 7.42. The van der Waals surface area contributed by atoms with Gasteiger partial charge in [-0.3, -0.25) is 9.59 Å². The lowest BCUT2D eigenvalue weighted by molar-refractivity contribution is -0.145. The van der Waals surface area contributed by atoms with E-state index in [0.717, 1.165) is 11.0 Å². The highest BCUT2D eigenvalue weighted by molar-refractivity contribution is 6.61. The molecule has 2 aromatic rings. The number of benzene rings is 2. The molecule has 0 saturated heterocycles. The molecule has 2 atom stereocenters. The Kier molecular flexibility index (Phi) is 10.0. The highest BCUT2D eigenvalue weighted by Crippen LogP contribution is 2.09. The zero-order valence-electron chi connectivity index (χ0n) is 19.1. The van der Waals surface area contributed by atoms with E-state index in [0.29, 0.717) is 5.56 Å². The molecular weight excluding hydrogens is 430 g/mol. The maximum atomic E-state index is 13.5. The van der Waals surface area contributed by atoms with Gasteiger partial charge in [0.25, 0.3) is 0 Å². The van der Waals surface area contributed by atoms with Gasteiger partial charge >= 0.3 is 13.1 Å². The Morgan fingerprint density at radius 3 is 2.09 bits per heavy atom. The zero-order chi connectivity index (χ0) is 24.4. The number of rotatable bonds is 11. The summed E-state index contributed by atoms with van der Waals surface area (Å²) in [6.45, 7) is 1.28. The highest BCUT2D eigenvalue weighted by Gasteiger charge is 2.27. The van der Waals surface area contributed by atoms with Gasteiger partial charge in [-0.1, -0.05) is 36.4 Å². The van der Waals surface area contributed by atoms with Crippen molar-refractivity contribution in [3.05, 3.63) is 65.5 Å². The number of amides is 2. The average molecular weight is 458 g/mol. The van der Waals surface area contributed by atoms with Crippen LogP contribution < -0.4 is 16.1 Å². The number of esters is 1. The summed E-state index contributed by atoms with van der Waals surface area (Å²) in [5, 5.41) is 5.20. The van der Waals surface area contributed by atoms with Crippen LogP contribution in [0.3, 0.4) is 0 Å². The summed E-state index contributed by atoms with van der Waals surface area (Å²) in [6.07, 6.45) is 0.220. The molecule has 0 radical (unpaired) electrons. The molecule has 33 heavy (non-hydrogen) atoms. The van der Waals surface area contributed by atoms with E-state index in [2.05, 4.69) is 10.6 Å². The first-order valence-corrected chi connectivity index (χ1v) is 10.3. The average Bonchev–Trinajstić information content (AvgIpc) is 2.79. The smallest absolute Gasteiger partial charge is 0.467 e. The largest absolute Gasteiger partial charge is 0.493 e. The number of carbonyl (C=O) groups is 3. The number of ether oxygens (including phenoxy) is 1. The van der Waals surface area contributed by atoms with E-state index in [1.165, 1.54) is 46.5 Å². The fourth-order valence-electron chi connectivity index (χ4n) is 3.38. The van der Waals surface area contributed by atoms with Crippen molar-refractivity contribution in [2.75, 3.05) is 21.3 Å². The molecule has 176 valence electrons. The van der Waals surface area contributed by atoms with Crippen LogP contribution in [0.4, 0.5) is 4.39 Å². The van der Waals surface area contributed by atoms with Gasteiger partial charge in [0.1, 0.15) is 17.9 Å². The van der Waals surface area contributed by atoms with Crippen molar-refractivity contribution in [3.63, 3.8) is 0 Å². The summed E-state index contributed by atoms with van der Waals surface area (Å²) < 4.78 is 28.8. The van der Waals surface area contributed by atoms with E-state index in [-0.39, 0.29) is 12.8 Å². The minimum atomic E-state index is -0.997. The zero-order valence-corrected chi connectivity index (χ0v) is 19.1. The van der Waals surface area contributed by atoms with E-state index in [1.54, 1.807) is 30.3 Å². The predicted octanol–water partition coefficient (Wildman–Crippen LogP) is 0.761. The Morgan fingerprint density at radius 2 is 1.55 bits per heavy atom. The molecule has 0 aliphatic rings. The van der Waals surface area contributed by atoms with Crippen molar-refractivity contribution >= 4 is 30.4 Å². The molecular formula is C23H28BFN2O6. The van der Waals surface area contributed by atoms with Gasteiger partial charge in [-0.25, -0.2) is 9.18 Å². The van der Waals surface area contributed by atoms with E-state index < -0.39 is 42.8 Å². The normalized spacial score (nSPS) is 12.4. The van der Waals surface area contributed by atoms with E-state index in [4.69, 9.17) is 14.0 Å². The van der Waals surface area contributed by atoms with Crippen molar-refractivity contribution in [1.29, 1.82) is 0 Å². The fraction of sp³-hybridized carbons (Fsp3) is 0.348. The van der Waals surface area contributed by atoms with Crippen molar-refractivity contribution < 1.29 is 32.8 Å². The summed E-state index contributed by atoms with van der Waals surface area (Å²) in [5.74, 6) is -2.09. The lowest BCUT2D eigenvalue weighted by Crippen LogP contribution is -2.53. The van der Waals surface area contributed by atoms with E-state index >= 15 is 0 Å². The third kappa shape index (κ3) is 8.00. The van der Waals surface area contributed by atoms with E-state index in [1.807, 2.05) is 0 Å². The summed E-state index contributed by atoms with van der Waals surface area (Å²) >= 11 is 0. The van der Waals surface area contributed by atoms with Crippen LogP contribution in [-0.2, 0) is 41.3 Å². The van der Waals surface area contributed by atoms with Crippen molar-refractivity contribution in [2.45, 2.75) is 31.8 Å². The van der Waals surface area contributed by atoms with Gasteiger partial charge in [0.2, 0.25) is 11.8 Å². The van der Waals surface area contributed by atoms with E-state index in [9.17, 15) is 18.8 Å². The topological polar surface area (TPSA) is 103 Å². The molecule has 0 heterocycles. The van der Waals surface area contributed by atoms with Crippen molar-refractivity contribution in [1.82, 2.24) is 10.6 Å². The Hall–Kier alpha value is -3.24. The number of halogens is 1. The molecule has 10 heteroatoms. The van der Waals surface area contributed by atoms with Crippen LogP contribution >= 0.6 is 0 Å². The second kappa shape index (κ2) is 12.7. The second-order valence-electron chi connectivity index (χ2n) is 7.42. The molecule has 0 aliphatic heterocycles. The minimum Gasteiger partial charge on any atom is -0.467 e. The van der Waals surface area contributed by atoms with Crippen molar-refractivity contribution in [2.24, 2.45) is 0 Å². The first kappa shape index (κ1) is 26.0. The quantitative estimate of drug-likeness (QED) is 0.381. The van der Waals surface area contributed by atoms with Gasteiger partial charge in [-0.2, -0.15) is 0 Å². The van der Waals surface area contributed by atoms with Gasteiger partial charge in [0.15, 0.2) is 0 Å². The Labute approximate surface area is 192 Å². The Balaban J connectivity index is 2.16. The number of hydrogen-bond donors (Lipinski definition) is 2. The molecule has 0 bridgehead atoms. The standard InChI is InChI=1S/C23H28BFN2O6/c1-15(28)26-20(14-17-6-5-7-19(25)12-17)22(29)27-21(23(30)31-2)13-16-8-10-18(11-9-16)24(32-3)33-4/h5-12,20-21H,13-14H2,1-4H3,(H,26,28)(H,27,29)/t20-,21-/m0/s1. The highest BCUT2D eigenvalue weighted by atomic mass is 19.1. The molecule has 2 aromatic carbocycles. The molecule has 0 saturated carbocycles. The minimum absolute atomic E-state index is 0.0567. The predicted molar refractivity (Wildman–Crippen MR) is 121 cm³/mol. The van der Waals surface area contributed by atoms with Crippen LogP contribution in [-0.4, -0.2) is 58.3 Å². The molecule has 2 amide bonds. The Bertz CT molecular complexity index is 952. The maximum absolute atomic E-state index is 13.5. The van der Waals surface area contributed by atoms with Gasteiger partial charge in [0.05, 0.1) is 7.11 Å². The molecule has 0 unspecified atom stereocenters. The lowest BCUT2D eigenvalue weighted by Gasteiger charge is -2.22. The van der Waals surface area contributed by atoms with Crippen molar-refractivity contribution in [3.8, 4) is 0 Å². The first-order chi connectivity index (χ1) is 15.8. The number of hydrogen-bond acceptors (Lipinski definition) is 6. The molecule has 0 aromatic heterocycles. The molecule has 0 spiro atoms. The van der Waals surface area contributed by atoms with Crippen LogP contribution in [0.5, 0.6) is 0 Å². The molecule has 2 N–H and O–H groups in total. The summed E-state index contributed by atoms with van der Waals surface area (Å²) in [5.41, 5.74) is 2.09. The number of methoxy groups -OCH3 is 1. The molecule has 2 rings (SSSR count). The molecule has 0 aliphatic carbocycles.